The summed E-state index contributed by atoms with van der Waals surface area (Å²) in [7, 11) is 0. The lowest BCUT2D eigenvalue weighted by molar-refractivity contribution is 0.379. The van der Waals surface area contributed by atoms with Crippen LogP contribution in [0.4, 0.5) is 0 Å². The van der Waals surface area contributed by atoms with Crippen molar-refractivity contribution in [1.29, 1.82) is 0 Å². The average Bonchev–Trinajstić information content (AvgIpc) is 2.76. The Morgan fingerprint density at radius 1 is 1.80 bits per heavy atom. The fraction of sp³-hybridized carbons (Fsp3) is 0.400. The van der Waals surface area contributed by atoms with E-state index in [2.05, 4.69) is 21.9 Å². The highest BCUT2D eigenvalue weighted by atomic mass is 32.1. The lowest BCUT2D eigenvalue weighted by atomic mass is 10.3. The van der Waals surface area contributed by atoms with Gasteiger partial charge in [-0.2, -0.15) is 0 Å². The molecule has 0 saturated carbocycles. The predicted molar refractivity (Wildman–Crippen MR) is 63.0 cm³/mol. The van der Waals surface area contributed by atoms with Crippen molar-refractivity contribution in [3.05, 3.63) is 28.7 Å². The first-order valence-corrected chi connectivity index (χ1v) is 5.70. The number of nitrogens with zero attached hydrogens (tertiary/aromatic N) is 3. The maximum absolute atomic E-state index is 5.80. The molecule has 0 fully saturated rings. The highest BCUT2D eigenvalue weighted by Gasteiger charge is 2.28. The van der Waals surface area contributed by atoms with E-state index in [1.807, 2.05) is 17.9 Å². The Morgan fingerprint density at radius 3 is 3.20 bits per heavy atom. The standard InChI is InChI=1S/C10H14N4S/c1-3-4-14-8(5-12-10(14)11)9-13-7(2)6-15-9/h3,6,8H,1,4-5H2,2H3,(H2,11,12). The summed E-state index contributed by atoms with van der Waals surface area (Å²) in [6.07, 6.45) is 1.83. The maximum atomic E-state index is 5.80. The molecule has 0 bridgehead atoms. The second kappa shape index (κ2) is 4.02. The zero-order chi connectivity index (χ0) is 10.8. The summed E-state index contributed by atoms with van der Waals surface area (Å²) >= 11 is 1.66. The van der Waals surface area contributed by atoms with Crippen molar-refractivity contribution in [3.63, 3.8) is 0 Å². The molecule has 80 valence electrons. The van der Waals surface area contributed by atoms with Crippen molar-refractivity contribution in [1.82, 2.24) is 9.88 Å². The van der Waals surface area contributed by atoms with E-state index in [9.17, 15) is 0 Å². The molecule has 0 spiro atoms. The van der Waals surface area contributed by atoms with Crippen LogP contribution in [0.25, 0.3) is 0 Å². The van der Waals surface area contributed by atoms with Crippen LogP contribution in [-0.2, 0) is 0 Å². The Bertz CT molecular complexity index is 396. The van der Waals surface area contributed by atoms with Gasteiger partial charge in [0, 0.05) is 17.6 Å². The summed E-state index contributed by atoms with van der Waals surface area (Å²) in [6, 6.07) is 0.196. The number of aliphatic imine (C=N–C) groups is 1. The minimum absolute atomic E-state index is 0.196. The highest BCUT2D eigenvalue weighted by molar-refractivity contribution is 7.09. The van der Waals surface area contributed by atoms with Crippen LogP contribution in [0, 0.1) is 6.92 Å². The van der Waals surface area contributed by atoms with E-state index in [1.54, 1.807) is 11.3 Å². The number of rotatable bonds is 3. The summed E-state index contributed by atoms with van der Waals surface area (Å²) < 4.78 is 0. The molecule has 0 radical (unpaired) electrons. The van der Waals surface area contributed by atoms with Gasteiger partial charge >= 0.3 is 0 Å². The monoisotopic (exact) mass is 222 g/mol. The quantitative estimate of drug-likeness (QED) is 0.784. The Hall–Kier alpha value is -1.36. The van der Waals surface area contributed by atoms with Crippen LogP contribution >= 0.6 is 11.3 Å². The van der Waals surface area contributed by atoms with Crippen LogP contribution in [0.1, 0.15) is 16.7 Å². The molecular formula is C10H14N4S. The summed E-state index contributed by atoms with van der Waals surface area (Å²) in [6.45, 7) is 7.14. The van der Waals surface area contributed by atoms with Crippen LogP contribution in [0.3, 0.4) is 0 Å². The average molecular weight is 222 g/mol. The van der Waals surface area contributed by atoms with Crippen molar-refractivity contribution >= 4 is 17.3 Å². The number of aryl methyl sites for hydroxylation is 1. The second-order valence-electron chi connectivity index (χ2n) is 3.48. The van der Waals surface area contributed by atoms with Crippen molar-refractivity contribution in [3.8, 4) is 0 Å². The highest BCUT2D eigenvalue weighted by Crippen LogP contribution is 2.27. The van der Waals surface area contributed by atoms with Crippen LogP contribution in [0.15, 0.2) is 23.0 Å². The Kier molecular flexibility index (Phi) is 2.73. The van der Waals surface area contributed by atoms with Gasteiger partial charge in [0.2, 0.25) is 0 Å². The molecule has 2 heterocycles. The van der Waals surface area contributed by atoms with Crippen LogP contribution in [-0.4, -0.2) is 28.9 Å². The number of aromatic nitrogens is 1. The van der Waals surface area contributed by atoms with Crippen molar-refractivity contribution in [2.45, 2.75) is 13.0 Å². The summed E-state index contributed by atoms with van der Waals surface area (Å²) in [5.41, 5.74) is 6.86. The summed E-state index contributed by atoms with van der Waals surface area (Å²) in [5.74, 6) is 0.591. The van der Waals surface area contributed by atoms with Crippen LogP contribution < -0.4 is 5.73 Å². The van der Waals surface area contributed by atoms with Gasteiger partial charge in [0.05, 0.1) is 6.54 Å². The molecular weight excluding hydrogens is 208 g/mol. The van der Waals surface area contributed by atoms with Gasteiger partial charge in [0.15, 0.2) is 5.96 Å². The summed E-state index contributed by atoms with van der Waals surface area (Å²) in [4.78, 5) is 10.7. The third kappa shape index (κ3) is 1.87. The predicted octanol–water partition coefficient (Wildman–Crippen LogP) is 1.31. The van der Waals surface area contributed by atoms with Gasteiger partial charge in [0.1, 0.15) is 11.0 Å². The van der Waals surface area contributed by atoms with Gasteiger partial charge in [-0.25, -0.2) is 4.98 Å². The number of hydrogen-bond acceptors (Lipinski definition) is 5. The third-order valence-corrected chi connectivity index (χ3v) is 3.41. The largest absolute Gasteiger partial charge is 0.370 e. The van der Waals surface area contributed by atoms with Crippen LogP contribution in [0.5, 0.6) is 0 Å². The topological polar surface area (TPSA) is 54.5 Å². The first-order valence-electron chi connectivity index (χ1n) is 4.82. The zero-order valence-corrected chi connectivity index (χ0v) is 9.50. The third-order valence-electron chi connectivity index (χ3n) is 2.34. The normalized spacial score (nSPS) is 20.5. The van der Waals surface area contributed by atoms with E-state index in [-0.39, 0.29) is 6.04 Å². The molecule has 0 aliphatic carbocycles. The van der Waals surface area contributed by atoms with E-state index < -0.39 is 0 Å². The molecule has 0 aromatic carbocycles. The second-order valence-corrected chi connectivity index (χ2v) is 4.37. The molecule has 1 atom stereocenters. The van der Waals surface area contributed by atoms with Gasteiger partial charge < -0.3 is 10.6 Å². The molecule has 4 nitrogen and oxygen atoms in total. The Balaban J connectivity index is 2.20. The zero-order valence-electron chi connectivity index (χ0n) is 8.68. The lowest BCUT2D eigenvalue weighted by Gasteiger charge is -2.22. The minimum atomic E-state index is 0.196. The Labute approximate surface area is 93.1 Å². The number of thiazole rings is 1. The van der Waals surface area contributed by atoms with E-state index in [1.165, 1.54) is 0 Å². The van der Waals surface area contributed by atoms with Crippen molar-refractivity contribution in [2.75, 3.05) is 13.1 Å². The van der Waals surface area contributed by atoms with Crippen molar-refractivity contribution in [2.24, 2.45) is 10.7 Å². The Morgan fingerprint density at radius 2 is 2.60 bits per heavy atom. The van der Waals surface area contributed by atoms with Crippen molar-refractivity contribution < 1.29 is 0 Å². The molecule has 1 aliphatic rings. The molecule has 2 N–H and O–H groups in total. The molecule has 2 rings (SSSR count). The fourth-order valence-electron chi connectivity index (χ4n) is 1.63. The van der Waals surface area contributed by atoms with Gasteiger partial charge in [-0.15, -0.1) is 17.9 Å². The van der Waals surface area contributed by atoms with Gasteiger partial charge in [0.25, 0.3) is 0 Å². The molecule has 5 heteroatoms. The minimum Gasteiger partial charge on any atom is -0.370 e. The first-order chi connectivity index (χ1) is 7.22. The molecule has 1 unspecified atom stereocenters. The molecule has 0 saturated heterocycles. The SMILES string of the molecule is C=CCN1C(N)=NCC1c1nc(C)cs1. The molecule has 0 amide bonds. The molecule has 1 aromatic rings. The molecule has 1 aromatic heterocycles. The lowest BCUT2D eigenvalue weighted by Crippen LogP contribution is -2.36. The first kappa shape index (κ1) is 10.2. The number of nitrogens with two attached hydrogens (primary N) is 1. The van der Waals surface area contributed by atoms with E-state index >= 15 is 0 Å². The smallest absolute Gasteiger partial charge is 0.192 e. The van der Waals surface area contributed by atoms with Gasteiger partial charge in [-0.05, 0) is 6.92 Å². The molecule has 15 heavy (non-hydrogen) atoms. The van der Waals surface area contributed by atoms with Crippen LogP contribution in [0.2, 0.25) is 0 Å². The fourth-order valence-corrected chi connectivity index (χ4v) is 2.53. The van der Waals surface area contributed by atoms with E-state index in [4.69, 9.17) is 5.73 Å². The molecule has 1 aliphatic heterocycles. The van der Waals surface area contributed by atoms with E-state index in [0.717, 1.165) is 17.2 Å². The van der Waals surface area contributed by atoms with Gasteiger partial charge in [-0.3, -0.25) is 4.99 Å². The van der Waals surface area contributed by atoms with E-state index in [0.29, 0.717) is 12.5 Å². The number of hydrogen-bond donors (Lipinski definition) is 1. The summed E-state index contributed by atoms with van der Waals surface area (Å²) in [5, 5.41) is 3.13. The van der Waals surface area contributed by atoms with Gasteiger partial charge in [-0.1, -0.05) is 6.08 Å². The maximum Gasteiger partial charge on any atom is 0.192 e. The number of guanidine groups is 1.